The highest BCUT2D eigenvalue weighted by molar-refractivity contribution is 5.90. The van der Waals surface area contributed by atoms with Crippen LogP contribution in [0.4, 0.5) is 10.5 Å². The van der Waals surface area contributed by atoms with Crippen LogP contribution >= 0.6 is 0 Å². The lowest BCUT2D eigenvalue weighted by molar-refractivity contribution is 0.250. The third-order valence-electron chi connectivity index (χ3n) is 2.49. The molecule has 1 aromatic rings. The molecule has 0 saturated heterocycles. The zero-order valence-electron chi connectivity index (χ0n) is 11.8. The molecule has 0 aliphatic heterocycles. The minimum absolute atomic E-state index is 0.120. The van der Waals surface area contributed by atoms with E-state index in [4.69, 9.17) is 4.74 Å². The molecule has 0 saturated carbocycles. The predicted octanol–water partition coefficient (Wildman–Crippen LogP) is 3.23. The summed E-state index contributed by atoms with van der Waals surface area (Å²) in [5.74, 6) is 0.866. The number of rotatable bonds is 4. The van der Waals surface area contributed by atoms with Crippen LogP contribution in [0.15, 0.2) is 12.1 Å². The summed E-state index contributed by atoms with van der Waals surface area (Å²) < 4.78 is 5.51. The summed E-state index contributed by atoms with van der Waals surface area (Å²) in [6.07, 6.45) is 0. The highest BCUT2D eigenvalue weighted by Crippen LogP contribution is 2.26. The molecule has 0 aliphatic rings. The molecule has 100 valence electrons. The van der Waals surface area contributed by atoms with Gasteiger partial charge < -0.3 is 15.4 Å². The first kappa shape index (κ1) is 14.4. The number of anilines is 1. The van der Waals surface area contributed by atoms with Gasteiger partial charge in [0.2, 0.25) is 0 Å². The molecule has 0 fully saturated rings. The second kappa shape index (κ2) is 6.28. The van der Waals surface area contributed by atoms with Gasteiger partial charge in [-0.3, -0.25) is 0 Å². The van der Waals surface area contributed by atoms with Crippen LogP contribution in [0.5, 0.6) is 5.75 Å². The Kier molecular flexibility index (Phi) is 5.01. The minimum atomic E-state index is -0.184. The summed E-state index contributed by atoms with van der Waals surface area (Å²) in [6.45, 7) is 10.4. The molecule has 0 aromatic heterocycles. The van der Waals surface area contributed by atoms with E-state index in [-0.39, 0.29) is 12.1 Å². The van der Waals surface area contributed by atoms with Gasteiger partial charge in [-0.15, -0.1) is 0 Å². The number of urea groups is 1. The van der Waals surface area contributed by atoms with E-state index < -0.39 is 0 Å². The van der Waals surface area contributed by atoms with Gasteiger partial charge in [0.05, 0.1) is 6.61 Å². The predicted molar refractivity (Wildman–Crippen MR) is 74.4 cm³/mol. The molecule has 0 spiro atoms. The van der Waals surface area contributed by atoms with Gasteiger partial charge in [-0.1, -0.05) is 0 Å². The Labute approximate surface area is 109 Å². The molecular weight excluding hydrogens is 228 g/mol. The molecular formula is C14H22N2O2. The van der Waals surface area contributed by atoms with Gasteiger partial charge in [0.15, 0.2) is 0 Å². The van der Waals surface area contributed by atoms with E-state index in [2.05, 4.69) is 10.6 Å². The number of carbonyl (C=O) groups is 1. The Bertz CT molecular complexity index is 428. The van der Waals surface area contributed by atoms with Crippen LogP contribution in [-0.4, -0.2) is 18.7 Å². The van der Waals surface area contributed by atoms with Crippen molar-refractivity contribution in [3.05, 3.63) is 23.3 Å². The molecule has 0 atom stereocenters. The van der Waals surface area contributed by atoms with Gasteiger partial charge in [0.25, 0.3) is 0 Å². The summed E-state index contributed by atoms with van der Waals surface area (Å²) in [5.41, 5.74) is 2.82. The first-order valence-corrected chi connectivity index (χ1v) is 6.25. The molecule has 0 heterocycles. The van der Waals surface area contributed by atoms with Crippen molar-refractivity contribution >= 4 is 11.7 Å². The van der Waals surface area contributed by atoms with E-state index in [0.29, 0.717) is 6.61 Å². The van der Waals surface area contributed by atoms with Crippen molar-refractivity contribution < 1.29 is 9.53 Å². The normalized spacial score (nSPS) is 10.3. The lowest BCUT2D eigenvalue weighted by Crippen LogP contribution is -2.34. The van der Waals surface area contributed by atoms with E-state index in [1.807, 2.05) is 46.8 Å². The fraction of sp³-hybridized carbons (Fsp3) is 0.500. The van der Waals surface area contributed by atoms with Crippen molar-refractivity contribution in [3.8, 4) is 5.75 Å². The molecule has 0 bridgehead atoms. The van der Waals surface area contributed by atoms with Crippen molar-refractivity contribution in [1.82, 2.24) is 5.32 Å². The van der Waals surface area contributed by atoms with E-state index >= 15 is 0 Å². The number of ether oxygens (including phenoxy) is 1. The maximum absolute atomic E-state index is 11.6. The zero-order chi connectivity index (χ0) is 13.7. The SMILES string of the molecule is CCOc1cc(C)c(NC(=O)NC(C)C)cc1C. The van der Waals surface area contributed by atoms with Gasteiger partial charge in [-0.2, -0.15) is 0 Å². The largest absolute Gasteiger partial charge is 0.494 e. The number of amides is 2. The maximum atomic E-state index is 11.6. The van der Waals surface area contributed by atoms with Gasteiger partial charge in [0.1, 0.15) is 5.75 Å². The second-order valence-electron chi connectivity index (χ2n) is 4.62. The molecule has 1 aromatic carbocycles. The summed E-state index contributed by atoms with van der Waals surface area (Å²) in [5, 5.41) is 5.64. The monoisotopic (exact) mass is 250 g/mol. The van der Waals surface area contributed by atoms with E-state index in [9.17, 15) is 4.79 Å². The number of nitrogens with one attached hydrogen (secondary N) is 2. The van der Waals surface area contributed by atoms with Crippen molar-refractivity contribution in [3.63, 3.8) is 0 Å². The smallest absolute Gasteiger partial charge is 0.319 e. The Morgan fingerprint density at radius 2 is 1.94 bits per heavy atom. The van der Waals surface area contributed by atoms with E-state index in [0.717, 1.165) is 22.6 Å². The summed E-state index contributed by atoms with van der Waals surface area (Å²) in [4.78, 5) is 11.6. The van der Waals surface area contributed by atoms with Crippen molar-refractivity contribution in [2.75, 3.05) is 11.9 Å². The van der Waals surface area contributed by atoms with Crippen LogP contribution in [0.25, 0.3) is 0 Å². The third kappa shape index (κ3) is 3.95. The molecule has 0 aliphatic carbocycles. The average Bonchev–Trinajstić information content (AvgIpc) is 2.24. The first-order valence-electron chi connectivity index (χ1n) is 6.25. The van der Waals surface area contributed by atoms with Gasteiger partial charge in [0, 0.05) is 11.7 Å². The molecule has 18 heavy (non-hydrogen) atoms. The number of hydrogen-bond donors (Lipinski definition) is 2. The van der Waals surface area contributed by atoms with Crippen LogP contribution in [0.3, 0.4) is 0 Å². The standard InChI is InChI=1S/C14H22N2O2/c1-6-18-13-8-10(4)12(7-11(13)5)16-14(17)15-9(2)3/h7-9H,6H2,1-5H3,(H2,15,16,17). The highest BCUT2D eigenvalue weighted by atomic mass is 16.5. The Hall–Kier alpha value is -1.71. The fourth-order valence-corrected chi connectivity index (χ4v) is 1.66. The summed E-state index contributed by atoms with van der Waals surface area (Å²) >= 11 is 0. The van der Waals surface area contributed by atoms with Crippen LogP contribution in [0, 0.1) is 13.8 Å². The molecule has 0 radical (unpaired) electrons. The molecule has 2 N–H and O–H groups in total. The molecule has 4 heteroatoms. The second-order valence-corrected chi connectivity index (χ2v) is 4.62. The Balaban J connectivity index is 2.84. The van der Waals surface area contributed by atoms with Crippen LogP contribution in [-0.2, 0) is 0 Å². The van der Waals surface area contributed by atoms with E-state index in [1.165, 1.54) is 0 Å². The Morgan fingerprint density at radius 1 is 1.28 bits per heavy atom. The maximum Gasteiger partial charge on any atom is 0.319 e. The van der Waals surface area contributed by atoms with Crippen molar-refractivity contribution in [1.29, 1.82) is 0 Å². The summed E-state index contributed by atoms with van der Waals surface area (Å²) in [6, 6.07) is 3.81. The zero-order valence-corrected chi connectivity index (χ0v) is 11.8. The average molecular weight is 250 g/mol. The minimum Gasteiger partial charge on any atom is -0.494 e. The number of carbonyl (C=O) groups excluding carboxylic acids is 1. The first-order chi connectivity index (χ1) is 8.43. The molecule has 4 nitrogen and oxygen atoms in total. The topological polar surface area (TPSA) is 50.4 Å². The lowest BCUT2D eigenvalue weighted by atomic mass is 10.1. The third-order valence-corrected chi connectivity index (χ3v) is 2.49. The quantitative estimate of drug-likeness (QED) is 0.862. The fourth-order valence-electron chi connectivity index (χ4n) is 1.66. The van der Waals surface area contributed by atoms with Gasteiger partial charge in [-0.25, -0.2) is 4.79 Å². The van der Waals surface area contributed by atoms with Gasteiger partial charge in [-0.05, 0) is 57.9 Å². The number of hydrogen-bond acceptors (Lipinski definition) is 2. The Morgan fingerprint density at radius 3 is 2.50 bits per heavy atom. The lowest BCUT2D eigenvalue weighted by Gasteiger charge is -2.15. The van der Waals surface area contributed by atoms with Crippen molar-refractivity contribution in [2.24, 2.45) is 0 Å². The number of benzene rings is 1. The van der Waals surface area contributed by atoms with Crippen molar-refractivity contribution in [2.45, 2.75) is 40.7 Å². The van der Waals surface area contributed by atoms with Crippen LogP contribution in [0.1, 0.15) is 31.9 Å². The van der Waals surface area contributed by atoms with Crippen LogP contribution in [0.2, 0.25) is 0 Å². The summed E-state index contributed by atoms with van der Waals surface area (Å²) in [7, 11) is 0. The molecule has 2 amide bonds. The number of aryl methyl sites for hydroxylation is 2. The van der Waals surface area contributed by atoms with Gasteiger partial charge >= 0.3 is 6.03 Å². The van der Waals surface area contributed by atoms with E-state index in [1.54, 1.807) is 0 Å². The highest BCUT2D eigenvalue weighted by Gasteiger charge is 2.08. The molecule has 1 rings (SSSR count). The molecule has 0 unspecified atom stereocenters. The van der Waals surface area contributed by atoms with Crippen LogP contribution < -0.4 is 15.4 Å².